The minimum atomic E-state index is -0.802. The number of pyridine rings is 1. The molecule has 1 aromatic heterocycles. The number of fused-ring (bicyclic) bond motifs is 1. The van der Waals surface area contributed by atoms with Crippen LogP contribution in [-0.4, -0.2) is 33.5 Å². The molecule has 2 atom stereocenters. The molecule has 28 heavy (non-hydrogen) atoms. The van der Waals surface area contributed by atoms with Crippen molar-refractivity contribution < 1.29 is 9.90 Å². The van der Waals surface area contributed by atoms with Gasteiger partial charge >= 0.3 is 5.97 Å². The predicted molar refractivity (Wildman–Crippen MR) is 112 cm³/mol. The van der Waals surface area contributed by atoms with Gasteiger partial charge in [-0.15, -0.1) is 0 Å². The highest BCUT2D eigenvalue weighted by Crippen LogP contribution is 2.38. The van der Waals surface area contributed by atoms with Crippen LogP contribution in [0.25, 0.3) is 10.9 Å². The van der Waals surface area contributed by atoms with Gasteiger partial charge in [-0.25, -0.2) is 0 Å². The SMILES string of the molecule is O=C(O)C1CCCCN1C(c1cnc2ccccc2c1)c1ccc(Cl)cc1Cl. The lowest BCUT2D eigenvalue weighted by molar-refractivity contribution is -0.145. The van der Waals surface area contributed by atoms with Gasteiger partial charge in [-0.3, -0.25) is 14.7 Å². The Labute approximate surface area is 173 Å². The Morgan fingerprint density at radius 3 is 2.75 bits per heavy atom. The van der Waals surface area contributed by atoms with E-state index < -0.39 is 12.0 Å². The summed E-state index contributed by atoms with van der Waals surface area (Å²) < 4.78 is 0. The molecule has 6 heteroatoms. The van der Waals surface area contributed by atoms with E-state index >= 15 is 0 Å². The first kappa shape index (κ1) is 19.2. The molecule has 4 rings (SSSR count). The van der Waals surface area contributed by atoms with Crippen LogP contribution in [0, 0.1) is 0 Å². The normalized spacial score (nSPS) is 18.9. The third kappa shape index (κ3) is 3.72. The van der Waals surface area contributed by atoms with Gasteiger partial charge in [0.1, 0.15) is 6.04 Å². The maximum absolute atomic E-state index is 12.0. The first-order valence-electron chi connectivity index (χ1n) is 9.33. The monoisotopic (exact) mass is 414 g/mol. The predicted octanol–water partition coefficient (Wildman–Crippen LogP) is 5.57. The number of carboxylic acids is 1. The molecule has 3 aromatic rings. The molecule has 2 unspecified atom stereocenters. The fraction of sp³-hybridized carbons (Fsp3) is 0.273. The van der Waals surface area contributed by atoms with Crippen LogP contribution in [0.1, 0.15) is 36.4 Å². The fourth-order valence-corrected chi connectivity index (χ4v) is 4.55. The number of benzene rings is 2. The Morgan fingerprint density at radius 1 is 1.14 bits per heavy atom. The largest absolute Gasteiger partial charge is 0.480 e. The molecule has 1 aliphatic rings. The lowest BCUT2D eigenvalue weighted by Crippen LogP contribution is -2.47. The number of nitrogens with zero attached hydrogens (tertiary/aromatic N) is 2. The van der Waals surface area contributed by atoms with Crippen LogP contribution in [0.3, 0.4) is 0 Å². The maximum atomic E-state index is 12.0. The topological polar surface area (TPSA) is 53.4 Å². The summed E-state index contributed by atoms with van der Waals surface area (Å²) in [6.45, 7) is 0.688. The van der Waals surface area contributed by atoms with Gasteiger partial charge in [0, 0.05) is 21.6 Å². The number of halogens is 2. The molecular formula is C22H20Cl2N2O2. The van der Waals surface area contributed by atoms with Crippen LogP contribution in [0.4, 0.5) is 0 Å². The highest BCUT2D eigenvalue weighted by molar-refractivity contribution is 6.35. The lowest BCUT2D eigenvalue weighted by atomic mass is 9.92. The van der Waals surface area contributed by atoms with Crippen molar-refractivity contribution in [1.82, 2.24) is 9.88 Å². The van der Waals surface area contributed by atoms with Crippen LogP contribution in [0.15, 0.2) is 54.7 Å². The number of hydrogen-bond donors (Lipinski definition) is 1. The maximum Gasteiger partial charge on any atom is 0.320 e. The summed E-state index contributed by atoms with van der Waals surface area (Å²) in [6.07, 6.45) is 4.31. The third-order valence-corrected chi connectivity index (χ3v) is 5.91. The van der Waals surface area contributed by atoms with E-state index in [1.807, 2.05) is 41.4 Å². The molecule has 0 spiro atoms. The Hall–Kier alpha value is -2.14. The van der Waals surface area contributed by atoms with Crippen molar-refractivity contribution in [3.63, 3.8) is 0 Å². The van der Waals surface area contributed by atoms with E-state index in [-0.39, 0.29) is 6.04 Å². The highest BCUT2D eigenvalue weighted by atomic mass is 35.5. The molecule has 1 N–H and O–H groups in total. The van der Waals surface area contributed by atoms with Crippen molar-refractivity contribution in [2.75, 3.05) is 6.54 Å². The number of piperidine rings is 1. The van der Waals surface area contributed by atoms with Crippen molar-refractivity contribution >= 4 is 40.1 Å². The summed E-state index contributed by atoms with van der Waals surface area (Å²) in [5.41, 5.74) is 2.67. The molecule has 4 nitrogen and oxygen atoms in total. The molecule has 1 aliphatic heterocycles. The number of aromatic nitrogens is 1. The molecule has 2 heterocycles. The Bertz CT molecular complexity index is 1020. The van der Waals surface area contributed by atoms with Gasteiger partial charge in [0.15, 0.2) is 0 Å². The summed E-state index contributed by atoms with van der Waals surface area (Å²) in [7, 11) is 0. The van der Waals surface area contributed by atoms with Crippen molar-refractivity contribution in [2.24, 2.45) is 0 Å². The van der Waals surface area contributed by atoms with Crippen LogP contribution >= 0.6 is 23.2 Å². The van der Waals surface area contributed by atoms with E-state index in [4.69, 9.17) is 23.2 Å². The minimum Gasteiger partial charge on any atom is -0.480 e. The number of carbonyl (C=O) groups is 1. The number of para-hydroxylation sites is 1. The molecule has 0 amide bonds. The van der Waals surface area contributed by atoms with Crippen molar-refractivity contribution in [3.8, 4) is 0 Å². The van der Waals surface area contributed by atoms with Gasteiger partial charge in [-0.1, -0.05) is 53.9 Å². The second-order valence-electron chi connectivity index (χ2n) is 7.12. The number of carboxylic acid groups (broad SMARTS) is 1. The van der Waals surface area contributed by atoms with Crippen molar-refractivity contribution in [1.29, 1.82) is 0 Å². The van der Waals surface area contributed by atoms with Gasteiger partial charge in [0.2, 0.25) is 0 Å². The standard InChI is InChI=1S/C22H20Cl2N2O2/c23-16-8-9-17(18(24)12-16)21(26-10-4-3-7-20(26)22(27)28)15-11-14-5-1-2-6-19(14)25-13-15/h1-2,5-6,8-9,11-13,20-21H,3-4,7,10H2,(H,27,28). The smallest absolute Gasteiger partial charge is 0.320 e. The van der Waals surface area contributed by atoms with Crippen molar-refractivity contribution in [3.05, 3.63) is 75.9 Å². The van der Waals surface area contributed by atoms with Crippen LogP contribution in [0.5, 0.6) is 0 Å². The molecule has 0 bridgehead atoms. The first-order chi connectivity index (χ1) is 13.5. The quantitative estimate of drug-likeness (QED) is 0.605. The zero-order valence-corrected chi connectivity index (χ0v) is 16.7. The molecule has 2 aromatic carbocycles. The summed E-state index contributed by atoms with van der Waals surface area (Å²) in [4.78, 5) is 18.6. The van der Waals surface area contributed by atoms with Gasteiger partial charge in [0.25, 0.3) is 0 Å². The number of aliphatic carboxylic acids is 1. The molecule has 0 aliphatic carbocycles. The molecule has 1 saturated heterocycles. The lowest BCUT2D eigenvalue weighted by Gasteiger charge is -2.39. The zero-order valence-electron chi connectivity index (χ0n) is 15.2. The van der Waals surface area contributed by atoms with Crippen LogP contribution in [-0.2, 0) is 4.79 Å². The Morgan fingerprint density at radius 2 is 1.96 bits per heavy atom. The second-order valence-corrected chi connectivity index (χ2v) is 7.96. The number of rotatable bonds is 4. The number of hydrogen-bond acceptors (Lipinski definition) is 3. The molecule has 1 fully saturated rings. The van der Waals surface area contributed by atoms with E-state index in [0.29, 0.717) is 23.0 Å². The van der Waals surface area contributed by atoms with Crippen LogP contribution < -0.4 is 0 Å². The van der Waals surface area contributed by atoms with Crippen LogP contribution in [0.2, 0.25) is 10.0 Å². The van der Waals surface area contributed by atoms with Gasteiger partial charge in [0.05, 0.1) is 11.6 Å². The summed E-state index contributed by atoms with van der Waals surface area (Å²) >= 11 is 12.7. The highest BCUT2D eigenvalue weighted by Gasteiger charge is 2.36. The molecule has 0 saturated carbocycles. The summed E-state index contributed by atoms with van der Waals surface area (Å²) in [5.74, 6) is -0.802. The van der Waals surface area contributed by atoms with Crippen molar-refractivity contribution in [2.45, 2.75) is 31.3 Å². The molecular weight excluding hydrogens is 395 g/mol. The molecule has 0 radical (unpaired) electrons. The summed E-state index contributed by atoms with van der Waals surface area (Å²) in [6, 6.07) is 14.5. The zero-order chi connectivity index (χ0) is 19.7. The van der Waals surface area contributed by atoms with Gasteiger partial charge in [-0.05, 0) is 54.8 Å². The average Bonchev–Trinajstić information content (AvgIpc) is 2.70. The fourth-order valence-electron chi connectivity index (χ4n) is 4.04. The Balaban J connectivity index is 1.88. The average molecular weight is 415 g/mol. The van der Waals surface area contributed by atoms with E-state index in [1.54, 1.807) is 12.1 Å². The molecule has 144 valence electrons. The Kier molecular flexibility index (Phi) is 5.54. The second kappa shape index (κ2) is 8.08. The van der Waals surface area contributed by atoms with E-state index in [2.05, 4.69) is 11.1 Å². The van der Waals surface area contributed by atoms with Gasteiger partial charge in [-0.2, -0.15) is 0 Å². The first-order valence-corrected chi connectivity index (χ1v) is 10.1. The van der Waals surface area contributed by atoms with Gasteiger partial charge < -0.3 is 5.11 Å². The van der Waals surface area contributed by atoms with E-state index in [9.17, 15) is 9.90 Å². The number of likely N-dealkylation sites (tertiary alicyclic amines) is 1. The minimum absolute atomic E-state index is 0.303. The summed E-state index contributed by atoms with van der Waals surface area (Å²) in [5, 5.41) is 11.9. The third-order valence-electron chi connectivity index (χ3n) is 5.35. The van der Waals surface area contributed by atoms with E-state index in [1.165, 1.54) is 0 Å². The van der Waals surface area contributed by atoms with E-state index in [0.717, 1.165) is 34.9 Å².